The number of hydrogen-bond acceptors (Lipinski definition) is 3. The van der Waals surface area contributed by atoms with Gasteiger partial charge >= 0.3 is 0 Å². The molecule has 0 saturated heterocycles. The van der Waals surface area contributed by atoms with Gasteiger partial charge in [-0.15, -0.1) is 0 Å². The highest BCUT2D eigenvalue weighted by atomic mass is 15.2. The van der Waals surface area contributed by atoms with Crippen LogP contribution in [0.3, 0.4) is 0 Å². The van der Waals surface area contributed by atoms with Gasteiger partial charge in [0.1, 0.15) is 0 Å². The monoisotopic (exact) mass is 338 g/mol. The van der Waals surface area contributed by atoms with Crippen LogP contribution >= 0.6 is 0 Å². The summed E-state index contributed by atoms with van der Waals surface area (Å²) < 4.78 is 2.05. The molecule has 2 heterocycles. The fraction of sp³-hybridized carbons (Fsp3) is 0.571. The molecule has 0 bridgehead atoms. The average molecular weight is 338 g/mol. The van der Waals surface area contributed by atoms with Gasteiger partial charge < -0.3 is 14.8 Å². The molecule has 2 aromatic rings. The zero-order chi connectivity index (χ0) is 17.1. The molecule has 4 rings (SSSR count). The van der Waals surface area contributed by atoms with Gasteiger partial charge in [0.05, 0.1) is 18.6 Å². The van der Waals surface area contributed by atoms with E-state index in [4.69, 9.17) is 0 Å². The summed E-state index contributed by atoms with van der Waals surface area (Å²) in [5, 5.41) is 3.68. The minimum atomic E-state index is 0.547. The van der Waals surface area contributed by atoms with Gasteiger partial charge in [0.2, 0.25) is 0 Å². The van der Waals surface area contributed by atoms with Crippen molar-refractivity contribution in [1.82, 2.24) is 14.9 Å². The molecule has 1 aliphatic carbocycles. The fourth-order valence-corrected chi connectivity index (χ4v) is 4.54. The van der Waals surface area contributed by atoms with E-state index >= 15 is 0 Å². The maximum atomic E-state index is 4.59. The molecule has 1 atom stereocenters. The molecular formula is C21H30N4. The second kappa shape index (κ2) is 7.61. The van der Waals surface area contributed by atoms with Gasteiger partial charge in [-0.2, -0.15) is 0 Å². The van der Waals surface area contributed by atoms with Crippen LogP contribution in [-0.2, 0) is 20.1 Å². The van der Waals surface area contributed by atoms with Gasteiger partial charge in [-0.05, 0) is 30.4 Å². The second-order valence-corrected chi connectivity index (χ2v) is 7.80. The Balaban J connectivity index is 1.56. The normalized spacial score (nSPS) is 21.3. The quantitative estimate of drug-likeness (QED) is 0.898. The number of anilines is 1. The number of rotatable bonds is 5. The molecule has 1 N–H and O–H groups in total. The van der Waals surface area contributed by atoms with E-state index in [2.05, 4.69) is 45.7 Å². The summed E-state index contributed by atoms with van der Waals surface area (Å²) in [6, 6.07) is 9.41. The molecule has 1 aromatic heterocycles. The Labute approximate surface area is 151 Å². The molecule has 4 heteroatoms. The van der Waals surface area contributed by atoms with E-state index in [1.807, 2.05) is 17.9 Å². The van der Waals surface area contributed by atoms with Gasteiger partial charge in [-0.1, -0.05) is 43.9 Å². The Morgan fingerprint density at radius 1 is 1.16 bits per heavy atom. The predicted octanol–water partition coefficient (Wildman–Crippen LogP) is 3.87. The molecule has 1 aromatic carbocycles. The summed E-state index contributed by atoms with van der Waals surface area (Å²) in [7, 11) is 2.05. The highest BCUT2D eigenvalue weighted by molar-refractivity contribution is 5.55. The van der Waals surface area contributed by atoms with Crippen molar-refractivity contribution in [3.8, 4) is 0 Å². The first-order chi connectivity index (χ1) is 12.3. The number of nitrogens with one attached hydrogen (secondary N) is 1. The van der Waals surface area contributed by atoms with Gasteiger partial charge in [-0.25, -0.2) is 4.98 Å². The Bertz CT molecular complexity index is 687. The fourth-order valence-electron chi connectivity index (χ4n) is 4.54. The van der Waals surface area contributed by atoms with Crippen molar-refractivity contribution >= 4 is 5.69 Å². The highest BCUT2D eigenvalue weighted by Gasteiger charge is 2.26. The number of benzene rings is 1. The van der Waals surface area contributed by atoms with Gasteiger partial charge in [0.15, 0.2) is 0 Å². The highest BCUT2D eigenvalue weighted by Crippen LogP contribution is 2.32. The third-order valence-electron chi connectivity index (χ3n) is 5.91. The van der Waals surface area contributed by atoms with Crippen molar-refractivity contribution in [2.45, 2.75) is 57.7 Å². The van der Waals surface area contributed by atoms with E-state index in [9.17, 15) is 0 Å². The van der Waals surface area contributed by atoms with Crippen molar-refractivity contribution in [1.29, 1.82) is 0 Å². The van der Waals surface area contributed by atoms with E-state index in [0.717, 1.165) is 31.2 Å². The van der Waals surface area contributed by atoms with Gasteiger partial charge in [-0.3, -0.25) is 0 Å². The molecule has 134 valence electrons. The van der Waals surface area contributed by atoms with Crippen molar-refractivity contribution < 1.29 is 0 Å². The second-order valence-electron chi connectivity index (χ2n) is 7.80. The van der Waals surface area contributed by atoms with E-state index in [1.165, 1.54) is 49.8 Å². The molecule has 0 amide bonds. The van der Waals surface area contributed by atoms with Crippen LogP contribution in [0.15, 0.2) is 36.8 Å². The van der Waals surface area contributed by atoms with Crippen LogP contribution in [0.2, 0.25) is 0 Å². The minimum absolute atomic E-state index is 0.547. The van der Waals surface area contributed by atoms with Gasteiger partial charge in [0.25, 0.3) is 0 Å². The lowest BCUT2D eigenvalue weighted by Gasteiger charge is -2.33. The third kappa shape index (κ3) is 3.90. The number of nitrogens with zero attached hydrogens (tertiary/aromatic N) is 3. The third-order valence-corrected chi connectivity index (χ3v) is 5.91. The number of aromatic nitrogens is 2. The summed E-state index contributed by atoms with van der Waals surface area (Å²) >= 11 is 0. The Morgan fingerprint density at radius 2 is 2.00 bits per heavy atom. The molecular weight excluding hydrogens is 308 g/mol. The molecule has 0 radical (unpaired) electrons. The summed E-state index contributed by atoms with van der Waals surface area (Å²) in [4.78, 5) is 7.19. The van der Waals surface area contributed by atoms with Crippen molar-refractivity contribution in [2.75, 3.05) is 11.4 Å². The molecule has 1 aliphatic heterocycles. The van der Waals surface area contributed by atoms with Gasteiger partial charge in [0, 0.05) is 38.1 Å². The molecule has 1 unspecified atom stereocenters. The lowest BCUT2D eigenvalue weighted by atomic mass is 9.97. The van der Waals surface area contributed by atoms with E-state index < -0.39 is 0 Å². The number of imidazole rings is 1. The van der Waals surface area contributed by atoms with Crippen LogP contribution in [0.1, 0.15) is 49.8 Å². The largest absolute Gasteiger partial charge is 0.361 e. The molecule has 0 spiro atoms. The predicted molar refractivity (Wildman–Crippen MR) is 103 cm³/mol. The summed E-state index contributed by atoms with van der Waals surface area (Å²) in [5.74, 6) is 0.954. The average Bonchev–Trinajstić information content (AvgIpc) is 3.25. The molecule has 1 fully saturated rings. The topological polar surface area (TPSA) is 33.1 Å². The van der Waals surface area contributed by atoms with Crippen LogP contribution < -0.4 is 10.2 Å². The van der Waals surface area contributed by atoms with Crippen LogP contribution in [0.5, 0.6) is 0 Å². The molecule has 4 nitrogen and oxygen atoms in total. The van der Waals surface area contributed by atoms with Crippen molar-refractivity contribution in [2.24, 2.45) is 13.0 Å². The Morgan fingerprint density at radius 3 is 2.80 bits per heavy atom. The standard InChI is InChI=1S/C21H30N4/c1-24-14-19(23-16-24)15-25-20(11-10-17-6-2-3-7-17)13-22-12-18-8-4-5-9-21(18)25/h4-5,8-9,14,16-17,20,22H,2-3,6-7,10-13,15H2,1H3. The zero-order valence-electron chi connectivity index (χ0n) is 15.3. The molecule has 25 heavy (non-hydrogen) atoms. The molecule has 1 saturated carbocycles. The van der Waals surface area contributed by atoms with Crippen LogP contribution in [0.4, 0.5) is 5.69 Å². The zero-order valence-corrected chi connectivity index (χ0v) is 15.3. The number of aryl methyl sites for hydroxylation is 1. The van der Waals surface area contributed by atoms with Crippen LogP contribution in [0, 0.1) is 5.92 Å². The smallest absolute Gasteiger partial charge is 0.0947 e. The molecule has 2 aliphatic rings. The first kappa shape index (κ1) is 16.6. The van der Waals surface area contributed by atoms with Crippen LogP contribution in [-0.4, -0.2) is 22.1 Å². The first-order valence-corrected chi connectivity index (χ1v) is 9.81. The van der Waals surface area contributed by atoms with E-state index in [0.29, 0.717) is 6.04 Å². The SMILES string of the molecule is Cn1cnc(CN2c3ccccc3CNCC2CCC2CCCC2)c1. The summed E-state index contributed by atoms with van der Waals surface area (Å²) in [5.41, 5.74) is 3.95. The van der Waals surface area contributed by atoms with Crippen molar-refractivity contribution in [3.05, 3.63) is 48.0 Å². The maximum Gasteiger partial charge on any atom is 0.0947 e. The van der Waals surface area contributed by atoms with E-state index in [1.54, 1.807) is 0 Å². The Kier molecular flexibility index (Phi) is 5.07. The maximum absolute atomic E-state index is 4.59. The first-order valence-electron chi connectivity index (χ1n) is 9.81. The number of para-hydroxylation sites is 1. The summed E-state index contributed by atoms with van der Waals surface area (Å²) in [6.07, 6.45) is 12.5. The lowest BCUT2D eigenvalue weighted by Crippen LogP contribution is -2.40. The summed E-state index contributed by atoms with van der Waals surface area (Å²) in [6.45, 7) is 2.93. The van der Waals surface area contributed by atoms with E-state index in [-0.39, 0.29) is 0 Å². The number of hydrogen-bond donors (Lipinski definition) is 1. The number of fused-ring (bicyclic) bond motifs is 1. The lowest BCUT2D eigenvalue weighted by molar-refractivity contribution is 0.423. The van der Waals surface area contributed by atoms with Crippen LogP contribution in [0.25, 0.3) is 0 Å². The minimum Gasteiger partial charge on any atom is -0.361 e. The van der Waals surface area contributed by atoms with Crippen molar-refractivity contribution in [3.63, 3.8) is 0 Å². The Hall–Kier alpha value is -1.81.